The first-order valence-electron chi connectivity index (χ1n) is 7.48. The molecule has 0 bridgehead atoms. The molecule has 102 valence electrons. The van der Waals surface area contributed by atoms with Crippen LogP contribution in [0.25, 0.3) is 0 Å². The highest BCUT2D eigenvalue weighted by atomic mass is 15.0. The van der Waals surface area contributed by atoms with E-state index in [0.29, 0.717) is 0 Å². The van der Waals surface area contributed by atoms with Crippen molar-refractivity contribution in [2.24, 2.45) is 18.9 Å². The van der Waals surface area contributed by atoms with Gasteiger partial charge in [-0.1, -0.05) is 26.2 Å². The first-order chi connectivity index (χ1) is 8.81. The maximum absolute atomic E-state index is 4.50. The van der Waals surface area contributed by atoms with Crippen molar-refractivity contribution < 1.29 is 0 Å². The van der Waals surface area contributed by atoms with E-state index in [4.69, 9.17) is 0 Å². The fourth-order valence-electron chi connectivity index (χ4n) is 3.16. The van der Waals surface area contributed by atoms with Gasteiger partial charge in [-0.05, 0) is 37.8 Å². The number of aryl methyl sites for hydroxylation is 1. The molecule has 0 aromatic carbocycles. The molecule has 1 aromatic heterocycles. The first kappa shape index (κ1) is 13.6. The van der Waals surface area contributed by atoms with Crippen molar-refractivity contribution in [3.63, 3.8) is 0 Å². The molecule has 1 N–H and O–H groups in total. The number of hydrogen-bond donors (Lipinski definition) is 1. The van der Waals surface area contributed by atoms with E-state index in [1.165, 1.54) is 44.5 Å². The summed E-state index contributed by atoms with van der Waals surface area (Å²) in [7, 11) is 2.11. The highest BCUT2D eigenvalue weighted by Gasteiger charge is 2.24. The second-order valence-corrected chi connectivity index (χ2v) is 5.62. The molecule has 0 aliphatic heterocycles. The Bertz CT molecular complexity index is 345. The molecule has 2 unspecified atom stereocenters. The molecule has 3 nitrogen and oxygen atoms in total. The third kappa shape index (κ3) is 3.58. The third-order valence-corrected chi connectivity index (χ3v) is 4.34. The lowest BCUT2D eigenvalue weighted by molar-refractivity contribution is 0.294. The van der Waals surface area contributed by atoms with Crippen LogP contribution in [0.5, 0.6) is 0 Å². The standard InChI is InChI=1S/C15H27N3/c1-3-16-12-14-8-6-4-5-7-13(14)11-15-17-9-10-18(15)2/h9-10,13-14,16H,3-8,11-12H2,1-2H3. The van der Waals surface area contributed by atoms with Crippen molar-refractivity contribution in [1.29, 1.82) is 0 Å². The van der Waals surface area contributed by atoms with Gasteiger partial charge in [0.1, 0.15) is 5.82 Å². The lowest BCUT2D eigenvalue weighted by Crippen LogP contribution is -2.29. The summed E-state index contributed by atoms with van der Waals surface area (Å²) in [5.41, 5.74) is 0. The minimum absolute atomic E-state index is 0.813. The minimum atomic E-state index is 0.813. The maximum atomic E-state index is 4.50. The van der Waals surface area contributed by atoms with Gasteiger partial charge in [-0.2, -0.15) is 0 Å². The lowest BCUT2D eigenvalue weighted by Gasteiger charge is -2.25. The predicted molar refractivity (Wildman–Crippen MR) is 75.5 cm³/mol. The van der Waals surface area contributed by atoms with E-state index >= 15 is 0 Å². The molecule has 0 amide bonds. The lowest BCUT2D eigenvalue weighted by atomic mass is 9.85. The monoisotopic (exact) mass is 249 g/mol. The van der Waals surface area contributed by atoms with Crippen molar-refractivity contribution in [2.75, 3.05) is 13.1 Å². The second kappa shape index (κ2) is 6.93. The molecule has 1 saturated carbocycles. The van der Waals surface area contributed by atoms with Crippen LogP contribution >= 0.6 is 0 Å². The van der Waals surface area contributed by atoms with Gasteiger partial charge in [-0.3, -0.25) is 0 Å². The molecule has 0 saturated heterocycles. The fourth-order valence-corrected chi connectivity index (χ4v) is 3.16. The molecule has 0 radical (unpaired) electrons. The van der Waals surface area contributed by atoms with Gasteiger partial charge >= 0.3 is 0 Å². The van der Waals surface area contributed by atoms with Crippen LogP contribution in [0, 0.1) is 11.8 Å². The second-order valence-electron chi connectivity index (χ2n) is 5.62. The molecule has 0 spiro atoms. The molecule has 1 fully saturated rings. The van der Waals surface area contributed by atoms with Gasteiger partial charge in [0, 0.05) is 25.9 Å². The quantitative estimate of drug-likeness (QED) is 0.813. The molecule has 1 aliphatic carbocycles. The van der Waals surface area contributed by atoms with Crippen molar-refractivity contribution >= 4 is 0 Å². The van der Waals surface area contributed by atoms with Gasteiger partial charge in [0.05, 0.1) is 0 Å². The number of nitrogens with one attached hydrogen (secondary N) is 1. The van der Waals surface area contributed by atoms with Gasteiger partial charge in [0.25, 0.3) is 0 Å². The average molecular weight is 249 g/mol. The first-order valence-corrected chi connectivity index (χ1v) is 7.48. The van der Waals surface area contributed by atoms with Gasteiger partial charge in [0.15, 0.2) is 0 Å². The van der Waals surface area contributed by atoms with Crippen LogP contribution in [-0.2, 0) is 13.5 Å². The van der Waals surface area contributed by atoms with E-state index in [9.17, 15) is 0 Å². The van der Waals surface area contributed by atoms with Crippen molar-refractivity contribution in [3.8, 4) is 0 Å². The fraction of sp³-hybridized carbons (Fsp3) is 0.800. The molecule has 1 heterocycles. The highest BCUT2D eigenvalue weighted by molar-refractivity contribution is 4.94. The third-order valence-electron chi connectivity index (χ3n) is 4.34. The van der Waals surface area contributed by atoms with Gasteiger partial charge in [-0.15, -0.1) is 0 Å². The van der Waals surface area contributed by atoms with E-state index in [2.05, 4.69) is 35.0 Å². The molecule has 18 heavy (non-hydrogen) atoms. The Kier molecular flexibility index (Phi) is 5.24. The minimum Gasteiger partial charge on any atom is -0.338 e. The Morgan fingerprint density at radius 3 is 2.72 bits per heavy atom. The topological polar surface area (TPSA) is 29.9 Å². The van der Waals surface area contributed by atoms with E-state index in [-0.39, 0.29) is 0 Å². The molecule has 1 aliphatic rings. The summed E-state index contributed by atoms with van der Waals surface area (Å²) in [6.45, 7) is 4.47. The Hall–Kier alpha value is -0.830. The van der Waals surface area contributed by atoms with E-state index in [0.717, 1.165) is 24.8 Å². The Morgan fingerprint density at radius 2 is 2.06 bits per heavy atom. The van der Waals surface area contributed by atoms with Crippen LogP contribution in [0.3, 0.4) is 0 Å². The molecule has 3 heteroatoms. The highest BCUT2D eigenvalue weighted by Crippen LogP contribution is 2.30. The number of aromatic nitrogens is 2. The molecule has 1 aromatic rings. The summed E-state index contributed by atoms with van der Waals surface area (Å²) in [4.78, 5) is 4.50. The number of rotatable bonds is 5. The average Bonchev–Trinajstić information content (AvgIpc) is 2.64. The van der Waals surface area contributed by atoms with Crippen molar-refractivity contribution in [1.82, 2.24) is 14.9 Å². The van der Waals surface area contributed by atoms with Gasteiger partial charge in [-0.25, -0.2) is 4.98 Å². The normalized spacial score (nSPS) is 25.0. The van der Waals surface area contributed by atoms with E-state index in [1.54, 1.807) is 0 Å². The SMILES string of the molecule is CCNCC1CCCCCC1Cc1nccn1C. The molecular formula is C15H27N3. The summed E-state index contributed by atoms with van der Waals surface area (Å²) < 4.78 is 2.18. The van der Waals surface area contributed by atoms with Crippen LogP contribution in [0.2, 0.25) is 0 Å². The summed E-state index contributed by atoms with van der Waals surface area (Å²) in [6.07, 6.45) is 12.1. The van der Waals surface area contributed by atoms with E-state index < -0.39 is 0 Å². The van der Waals surface area contributed by atoms with Crippen LogP contribution < -0.4 is 5.32 Å². The number of imidazole rings is 1. The van der Waals surface area contributed by atoms with Crippen LogP contribution in [0.15, 0.2) is 12.4 Å². The predicted octanol–water partition coefficient (Wildman–Crippen LogP) is 2.77. The molecule has 2 atom stereocenters. The Morgan fingerprint density at radius 1 is 1.28 bits per heavy atom. The van der Waals surface area contributed by atoms with Gasteiger partial charge < -0.3 is 9.88 Å². The van der Waals surface area contributed by atoms with Crippen molar-refractivity contribution in [2.45, 2.75) is 45.4 Å². The Labute approximate surface area is 111 Å². The zero-order chi connectivity index (χ0) is 12.8. The maximum Gasteiger partial charge on any atom is 0.108 e. The zero-order valence-corrected chi connectivity index (χ0v) is 11.9. The van der Waals surface area contributed by atoms with Gasteiger partial charge in [0.2, 0.25) is 0 Å². The van der Waals surface area contributed by atoms with Crippen LogP contribution in [0.4, 0.5) is 0 Å². The van der Waals surface area contributed by atoms with Crippen LogP contribution in [-0.4, -0.2) is 22.6 Å². The van der Waals surface area contributed by atoms with E-state index in [1.807, 2.05) is 6.20 Å². The van der Waals surface area contributed by atoms with Crippen molar-refractivity contribution in [3.05, 3.63) is 18.2 Å². The number of hydrogen-bond acceptors (Lipinski definition) is 2. The smallest absolute Gasteiger partial charge is 0.108 e. The largest absolute Gasteiger partial charge is 0.338 e. The summed E-state index contributed by atoms with van der Waals surface area (Å²) in [6, 6.07) is 0. The molecule has 2 rings (SSSR count). The summed E-state index contributed by atoms with van der Waals surface area (Å²) >= 11 is 0. The zero-order valence-electron chi connectivity index (χ0n) is 11.9. The Balaban J connectivity index is 1.98. The summed E-state index contributed by atoms with van der Waals surface area (Å²) in [5.74, 6) is 2.90. The molecular weight excluding hydrogens is 222 g/mol. The number of nitrogens with zero attached hydrogens (tertiary/aromatic N) is 2. The summed E-state index contributed by atoms with van der Waals surface area (Å²) in [5, 5.41) is 3.54. The van der Waals surface area contributed by atoms with Crippen LogP contribution in [0.1, 0.15) is 44.9 Å².